The number of hydrogen-bond acceptors (Lipinski definition) is 13. The highest BCUT2D eigenvalue weighted by Gasteiger charge is 2.76. The molecular formula is C45H54N2O13. The minimum Gasteiger partial charge on any atom is -0.455 e. The van der Waals surface area contributed by atoms with Crippen molar-refractivity contribution in [3.8, 4) is 0 Å². The van der Waals surface area contributed by atoms with Crippen LogP contribution in [0.15, 0.2) is 84.1 Å². The highest BCUT2D eigenvalue weighted by atomic mass is 16.6. The molecule has 3 unspecified atom stereocenters. The molecule has 322 valence electrons. The number of ketones is 1. The number of urea groups is 1. The zero-order valence-corrected chi connectivity index (χ0v) is 35.3. The Morgan fingerprint density at radius 1 is 0.917 bits per heavy atom. The summed E-state index contributed by atoms with van der Waals surface area (Å²) >= 11 is 0. The number of rotatable bonds is 9. The Kier molecular flexibility index (Phi) is 11.7. The van der Waals surface area contributed by atoms with Crippen molar-refractivity contribution in [1.29, 1.82) is 0 Å². The van der Waals surface area contributed by atoms with Crippen LogP contribution in [0.5, 0.6) is 0 Å². The normalized spacial score (nSPS) is 31.3. The Morgan fingerprint density at radius 2 is 1.53 bits per heavy atom. The Bertz CT molecular complexity index is 2110. The van der Waals surface area contributed by atoms with Gasteiger partial charge in [0, 0.05) is 37.1 Å². The minimum atomic E-state index is -2.30. The Balaban J connectivity index is 1.52. The molecule has 1 saturated heterocycles. The van der Waals surface area contributed by atoms with Crippen molar-refractivity contribution >= 4 is 35.7 Å². The number of aliphatic hydroxyl groups is 2. The summed E-state index contributed by atoms with van der Waals surface area (Å²) in [4.78, 5) is 82.8. The number of fused-ring (bicyclic) bond motifs is 5. The average Bonchev–Trinajstić information content (AvgIpc) is 3.15. The van der Waals surface area contributed by atoms with Gasteiger partial charge in [-0.1, -0.05) is 74.5 Å². The summed E-state index contributed by atoms with van der Waals surface area (Å²) in [6, 6.07) is 14.3. The molecule has 2 aromatic carbocycles. The molecule has 2 amide bonds. The molecule has 15 nitrogen and oxygen atoms in total. The first-order valence-corrected chi connectivity index (χ1v) is 19.9. The number of nitrogens with one attached hydrogen (secondary N) is 2. The molecule has 3 aliphatic carbocycles. The number of carbonyl (C=O) groups excluding carboxylic acids is 6. The highest BCUT2D eigenvalue weighted by Crippen LogP contribution is 2.64. The van der Waals surface area contributed by atoms with Gasteiger partial charge < -0.3 is 44.5 Å². The number of aliphatic hydroxyl groups excluding tert-OH is 1. The number of carbonyl (C=O) groups is 6. The number of allylic oxidation sites excluding steroid dienone is 1. The number of ether oxygens (including phenoxy) is 5. The third-order valence-electron chi connectivity index (χ3n) is 12.4. The summed E-state index contributed by atoms with van der Waals surface area (Å²) in [5, 5.41) is 30.7. The molecular weight excluding hydrogens is 776 g/mol. The van der Waals surface area contributed by atoms with Crippen molar-refractivity contribution < 1.29 is 62.7 Å². The van der Waals surface area contributed by atoms with E-state index in [1.54, 1.807) is 109 Å². The molecule has 2 bridgehead atoms. The SMILES string of the molecule is CC(=O)O[C@H]1C(=O)[C@]2(C)C=CC3OC[C@@]3(OC(C)=O)C2[C@H](OC(=O)c2ccccc2)[C@]2(O)CC(OC(=O)[C@H](O)[C@@H](NC(=O)NC(C)(C)C)c3ccccc3)=C(C)C1C2(C)C. The van der Waals surface area contributed by atoms with Gasteiger partial charge in [-0.2, -0.15) is 0 Å². The van der Waals surface area contributed by atoms with Crippen LogP contribution in [0.1, 0.15) is 90.7 Å². The molecule has 2 aromatic rings. The maximum atomic E-state index is 15.4. The van der Waals surface area contributed by atoms with E-state index in [4.69, 9.17) is 23.7 Å². The second kappa shape index (κ2) is 15.9. The number of amides is 2. The third-order valence-corrected chi connectivity index (χ3v) is 12.4. The fourth-order valence-corrected chi connectivity index (χ4v) is 9.54. The van der Waals surface area contributed by atoms with Crippen LogP contribution in [0.2, 0.25) is 0 Å². The van der Waals surface area contributed by atoms with Crippen LogP contribution in [-0.2, 0) is 42.9 Å². The zero-order valence-electron chi connectivity index (χ0n) is 35.3. The van der Waals surface area contributed by atoms with Gasteiger partial charge in [0.25, 0.3) is 0 Å². The standard InChI is InChI=1S/C45H54N2O13/c1-24-29(58-39(53)33(50)32(27-16-12-10-13-17-27)46-40(54)47-41(4,5)6)22-45(55)37(59-38(52)28-18-14-11-15-19-28)35-43(9,21-20-30-44(35,23-56-30)60-26(3)49)36(51)34(57-25(2)48)31(24)42(45,7)8/h10-21,30-35,37,50,55H,22-23H2,1-9H3,(H2,46,47,54)/t30?,31?,32-,33+,34+,35?,37-,43+,44-,45+/m0/s1. The second-order valence-corrected chi connectivity index (χ2v) is 18.0. The van der Waals surface area contributed by atoms with Crippen molar-refractivity contribution in [2.45, 2.75) is 116 Å². The minimum absolute atomic E-state index is 0.116. The van der Waals surface area contributed by atoms with E-state index >= 15 is 4.79 Å². The van der Waals surface area contributed by atoms with E-state index in [0.29, 0.717) is 5.56 Å². The predicted molar refractivity (Wildman–Crippen MR) is 213 cm³/mol. The first-order valence-electron chi connectivity index (χ1n) is 19.9. The fraction of sp³-hybridized carbons (Fsp3) is 0.511. The molecule has 4 N–H and O–H groups in total. The molecule has 15 heteroatoms. The van der Waals surface area contributed by atoms with Crippen LogP contribution >= 0.6 is 0 Å². The quantitative estimate of drug-likeness (QED) is 0.157. The van der Waals surface area contributed by atoms with Gasteiger partial charge in [-0.15, -0.1) is 0 Å². The van der Waals surface area contributed by atoms with Crippen LogP contribution < -0.4 is 10.6 Å². The lowest BCUT2D eigenvalue weighted by molar-refractivity contribution is -0.311. The largest absolute Gasteiger partial charge is 0.455 e. The summed E-state index contributed by atoms with van der Waals surface area (Å²) in [5.74, 6) is -7.12. The maximum absolute atomic E-state index is 15.4. The molecule has 2 fully saturated rings. The van der Waals surface area contributed by atoms with Crippen LogP contribution in [0.4, 0.5) is 4.79 Å². The molecule has 6 rings (SSSR count). The summed E-state index contributed by atoms with van der Waals surface area (Å²) in [5.41, 5.74) is -7.18. The van der Waals surface area contributed by atoms with Crippen LogP contribution in [0.3, 0.4) is 0 Å². The number of hydrogen-bond donors (Lipinski definition) is 4. The van der Waals surface area contributed by atoms with Gasteiger partial charge in [-0.25, -0.2) is 14.4 Å². The van der Waals surface area contributed by atoms with E-state index in [1.807, 2.05) is 0 Å². The summed E-state index contributed by atoms with van der Waals surface area (Å²) in [7, 11) is 0. The number of Topliss-reactive ketones (excluding diaryl/α,β-unsaturated/α-hetero) is 1. The first-order chi connectivity index (χ1) is 28.0. The summed E-state index contributed by atoms with van der Waals surface area (Å²) in [6.45, 7) is 13.7. The second-order valence-electron chi connectivity index (χ2n) is 18.0. The predicted octanol–water partition coefficient (Wildman–Crippen LogP) is 4.41. The topological polar surface area (TPSA) is 213 Å². The van der Waals surface area contributed by atoms with Crippen molar-refractivity contribution in [3.05, 3.63) is 95.3 Å². The number of esters is 4. The van der Waals surface area contributed by atoms with E-state index in [1.165, 1.54) is 19.1 Å². The van der Waals surface area contributed by atoms with Gasteiger partial charge in [0.2, 0.25) is 0 Å². The van der Waals surface area contributed by atoms with E-state index in [2.05, 4.69) is 10.6 Å². The van der Waals surface area contributed by atoms with Crippen molar-refractivity contribution in [2.75, 3.05) is 6.61 Å². The molecule has 0 radical (unpaired) electrons. The van der Waals surface area contributed by atoms with Gasteiger partial charge in [-0.3, -0.25) is 14.4 Å². The molecule has 4 aliphatic rings. The lowest BCUT2D eigenvalue weighted by Crippen LogP contribution is -2.79. The van der Waals surface area contributed by atoms with Gasteiger partial charge >= 0.3 is 29.9 Å². The van der Waals surface area contributed by atoms with Crippen molar-refractivity contribution in [1.82, 2.24) is 10.6 Å². The van der Waals surface area contributed by atoms with E-state index < -0.39 is 112 Å². The molecule has 1 aliphatic heterocycles. The van der Waals surface area contributed by atoms with Crippen LogP contribution in [0.25, 0.3) is 0 Å². The molecule has 0 spiro atoms. The van der Waals surface area contributed by atoms with E-state index in [9.17, 15) is 34.2 Å². The Labute approximate surface area is 348 Å². The van der Waals surface area contributed by atoms with E-state index in [0.717, 1.165) is 6.92 Å². The smallest absolute Gasteiger partial charge is 0.342 e. The number of benzene rings is 2. The molecule has 1 saturated carbocycles. The molecule has 1 heterocycles. The summed E-state index contributed by atoms with van der Waals surface area (Å²) < 4.78 is 30.3. The lowest BCUT2D eigenvalue weighted by atomic mass is 9.45. The molecule has 10 atom stereocenters. The average molecular weight is 831 g/mol. The van der Waals surface area contributed by atoms with Gasteiger partial charge in [0.15, 0.2) is 23.6 Å². The van der Waals surface area contributed by atoms with Crippen molar-refractivity contribution in [2.24, 2.45) is 22.7 Å². The highest BCUT2D eigenvalue weighted by molar-refractivity contribution is 5.94. The lowest BCUT2D eigenvalue weighted by Gasteiger charge is -2.65. The fourth-order valence-electron chi connectivity index (χ4n) is 9.54. The first kappa shape index (κ1) is 44.2. The van der Waals surface area contributed by atoms with Crippen LogP contribution in [-0.4, -0.2) is 93.7 Å². The van der Waals surface area contributed by atoms with Crippen LogP contribution in [0, 0.1) is 22.7 Å². The van der Waals surface area contributed by atoms with Gasteiger partial charge in [-0.05, 0) is 57.9 Å². The molecule has 60 heavy (non-hydrogen) atoms. The van der Waals surface area contributed by atoms with Crippen molar-refractivity contribution in [3.63, 3.8) is 0 Å². The maximum Gasteiger partial charge on any atom is 0.342 e. The molecule has 0 aromatic heterocycles. The monoisotopic (exact) mass is 830 g/mol. The zero-order chi connectivity index (χ0) is 44.2. The Hall–Kier alpha value is -5.38. The van der Waals surface area contributed by atoms with Gasteiger partial charge in [0.05, 0.1) is 29.5 Å². The Morgan fingerprint density at radius 3 is 2.08 bits per heavy atom. The van der Waals surface area contributed by atoms with E-state index in [-0.39, 0.29) is 23.5 Å². The summed E-state index contributed by atoms with van der Waals surface area (Å²) in [6.07, 6.45) is -3.69. The van der Waals surface area contributed by atoms with Gasteiger partial charge in [0.1, 0.15) is 23.6 Å². The third kappa shape index (κ3) is 7.74.